The van der Waals surface area contributed by atoms with Crippen LogP contribution >= 0.6 is 23.2 Å². The lowest BCUT2D eigenvalue weighted by Gasteiger charge is -2.08. The summed E-state index contributed by atoms with van der Waals surface area (Å²) in [5.41, 5.74) is 0.243. The average Bonchev–Trinajstić information content (AvgIpc) is 2.27. The van der Waals surface area contributed by atoms with E-state index in [1.807, 2.05) is 13.8 Å². The fourth-order valence-electron chi connectivity index (χ4n) is 1.41. The molecule has 1 rings (SSSR count). The molecule has 1 aromatic carbocycles. The normalized spacial score (nSPS) is 12.2. The zero-order valence-electron chi connectivity index (χ0n) is 9.80. The molecule has 1 unspecified atom stereocenters. The van der Waals surface area contributed by atoms with Crippen molar-refractivity contribution in [3.63, 3.8) is 0 Å². The van der Waals surface area contributed by atoms with Gasteiger partial charge in [-0.05, 0) is 18.6 Å². The Kier molecular flexibility index (Phi) is 5.16. The number of hydrogen-bond acceptors (Lipinski definition) is 2. The SMILES string of the molecule is CCC(C)C(=O)CC(=O)c1c(Cl)cccc1Cl. The molecule has 0 saturated heterocycles. The van der Waals surface area contributed by atoms with E-state index >= 15 is 0 Å². The lowest BCUT2D eigenvalue weighted by molar-refractivity contribution is -0.121. The van der Waals surface area contributed by atoms with Crippen LogP contribution in [0.15, 0.2) is 18.2 Å². The Morgan fingerprint density at radius 2 is 1.76 bits per heavy atom. The van der Waals surface area contributed by atoms with E-state index in [0.29, 0.717) is 10.0 Å². The molecule has 4 heteroatoms. The molecule has 0 N–H and O–H groups in total. The number of hydrogen-bond donors (Lipinski definition) is 0. The molecule has 0 fully saturated rings. The molecule has 0 bridgehead atoms. The lowest BCUT2D eigenvalue weighted by Crippen LogP contribution is -2.15. The number of carbonyl (C=O) groups is 2. The maximum atomic E-state index is 11.9. The number of carbonyl (C=O) groups excluding carboxylic acids is 2. The first-order chi connectivity index (χ1) is 7.97. The van der Waals surface area contributed by atoms with Crippen molar-refractivity contribution < 1.29 is 9.59 Å². The fraction of sp³-hybridized carbons (Fsp3) is 0.385. The second-order valence-corrected chi connectivity index (χ2v) is 4.79. The van der Waals surface area contributed by atoms with Crippen LogP contribution in [0.1, 0.15) is 37.0 Å². The van der Waals surface area contributed by atoms with Gasteiger partial charge in [-0.3, -0.25) is 9.59 Å². The van der Waals surface area contributed by atoms with Crippen LogP contribution in [0.4, 0.5) is 0 Å². The van der Waals surface area contributed by atoms with Crippen molar-refractivity contribution in [3.8, 4) is 0 Å². The second kappa shape index (κ2) is 6.18. The Hall–Kier alpha value is -0.860. The minimum absolute atomic E-state index is 0.0755. The third-order valence-electron chi connectivity index (χ3n) is 2.74. The van der Waals surface area contributed by atoms with E-state index in [1.165, 1.54) is 0 Å². The maximum Gasteiger partial charge on any atom is 0.173 e. The Balaban J connectivity index is 2.88. The molecule has 17 heavy (non-hydrogen) atoms. The number of Topliss-reactive ketones (excluding diaryl/α,β-unsaturated/α-hetero) is 2. The van der Waals surface area contributed by atoms with Crippen molar-refractivity contribution >= 4 is 34.8 Å². The maximum absolute atomic E-state index is 11.9. The first kappa shape index (κ1) is 14.2. The summed E-state index contributed by atoms with van der Waals surface area (Å²) in [4.78, 5) is 23.6. The molecule has 0 aliphatic rings. The van der Waals surface area contributed by atoms with Crippen LogP contribution in [-0.4, -0.2) is 11.6 Å². The molecule has 0 aromatic heterocycles. The Morgan fingerprint density at radius 3 is 2.24 bits per heavy atom. The Bertz CT molecular complexity index is 421. The molecule has 0 aliphatic heterocycles. The van der Waals surface area contributed by atoms with Crippen molar-refractivity contribution in [2.45, 2.75) is 26.7 Å². The van der Waals surface area contributed by atoms with Crippen LogP contribution in [0.3, 0.4) is 0 Å². The monoisotopic (exact) mass is 272 g/mol. The van der Waals surface area contributed by atoms with E-state index in [2.05, 4.69) is 0 Å². The molecule has 2 nitrogen and oxygen atoms in total. The van der Waals surface area contributed by atoms with E-state index in [1.54, 1.807) is 18.2 Å². The van der Waals surface area contributed by atoms with E-state index in [-0.39, 0.29) is 29.5 Å². The van der Waals surface area contributed by atoms with Gasteiger partial charge < -0.3 is 0 Å². The average molecular weight is 273 g/mol. The zero-order valence-corrected chi connectivity index (χ0v) is 11.3. The van der Waals surface area contributed by atoms with Gasteiger partial charge in [-0.2, -0.15) is 0 Å². The van der Waals surface area contributed by atoms with Gasteiger partial charge in [0, 0.05) is 5.92 Å². The van der Waals surface area contributed by atoms with Crippen LogP contribution in [0, 0.1) is 5.92 Å². The smallest absolute Gasteiger partial charge is 0.173 e. The molecule has 0 spiro atoms. The van der Waals surface area contributed by atoms with E-state index in [9.17, 15) is 9.59 Å². The highest BCUT2D eigenvalue weighted by atomic mass is 35.5. The first-order valence-electron chi connectivity index (χ1n) is 5.47. The van der Waals surface area contributed by atoms with Gasteiger partial charge in [0.25, 0.3) is 0 Å². The quantitative estimate of drug-likeness (QED) is 0.595. The summed E-state index contributed by atoms with van der Waals surface area (Å²) in [7, 11) is 0. The van der Waals surface area contributed by atoms with Crippen molar-refractivity contribution in [3.05, 3.63) is 33.8 Å². The van der Waals surface area contributed by atoms with Crippen LogP contribution in [0.5, 0.6) is 0 Å². The van der Waals surface area contributed by atoms with Crippen LogP contribution < -0.4 is 0 Å². The van der Waals surface area contributed by atoms with Gasteiger partial charge in [0.1, 0.15) is 5.78 Å². The number of benzene rings is 1. The number of ketones is 2. The first-order valence-corrected chi connectivity index (χ1v) is 6.22. The highest BCUT2D eigenvalue weighted by Gasteiger charge is 2.20. The van der Waals surface area contributed by atoms with Crippen molar-refractivity contribution in [2.75, 3.05) is 0 Å². The summed E-state index contributed by atoms with van der Waals surface area (Å²) in [6, 6.07) is 4.85. The fourth-order valence-corrected chi connectivity index (χ4v) is 2.02. The standard InChI is InChI=1S/C13H14Cl2O2/c1-3-8(2)11(16)7-12(17)13-9(14)5-4-6-10(13)15/h4-6,8H,3,7H2,1-2H3. The Morgan fingerprint density at radius 1 is 1.24 bits per heavy atom. The van der Waals surface area contributed by atoms with Gasteiger partial charge >= 0.3 is 0 Å². The molecule has 1 aromatic rings. The van der Waals surface area contributed by atoms with Gasteiger partial charge in [-0.15, -0.1) is 0 Å². The highest BCUT2D eigenvalue weighted by Crippen LogP contribution is 2.26. The second-order valence-electron chi connectivity index (χ2n) is 3.97. The third-order valence-corrected chi connectivity index (χ3v) is 3.37. The minimum Gasteiger partial charge on any atom is -0.299 e. The number of halogens is 2. The van der Waals surface area contributed by atoms with Crippen LogP contribution in [-0.2, 0) is 4.79 Å². The molecular formula is C13H14Cl2O2. The largest absolute Gasteiger partial charge is 0.299 e. The van der Waals surface area contributed by atoms with E-state index < -0.39 is 0 Å². The van der Waals surface area contributed by atoms with Crippen molar-refractivity contribution in [1.82, 2.24) is 0 Å². The van der Waals surface area contributed by atoms with Gasteiger partial charge in [-0.1, -0.05) is 43.1 Å². The van der Waals surface area contributed by atoms with Gasteiger partial charge in [0.15, 0.2) is 5.78 Å². The molecule has 92 valence electrons. The molecule has 1 atom stereocenters. The Labute approximate surface area is 111 Å². The van der Waals surface area contributed by atoms with Gasteiger partial charge in [-0.25, -0.2) is 0 Å². The molecular weight excluding hydrogens is 259 g/mol. The summed E-state index contributed by atoms with van der Waals surface area (Å²) < 4.78 is 0. The lowest BCUT2D eigenvalue weighted by atomic mass is 9.97. The molecule has 0 aliphatic carbocycles. The van der Waals surface area contributed by atoms with E-state index in [4.69, 9.17) is 23.2 Å². The topological polar surface area (TPSA) is 34.1 Å². The van der Waals surface area contributed by atoms with Crippen molar-refractivity contribution in [2.24, 2.45) is 5.92 Å². The predicted molar refractivity (Wildman–Crippen MR) is 69.9 cm³/mol. The summed E-state index contributed by atoms with van der Waals surface area (Å²) in [5, 5.41) is 0.582. The van der Waals surface area contributed by atoms with E-state index in [0.717, 1.165) is 6.42 Å². The summed E-state index contributed by atoms with van der Waals surface area (Å²) >= 11 is 11.8. The minimum atomic E-state index is -0.314. The van der Waals surface area contributed by atoms with Crippen molar-refractivity contribution in [1.29, 1.82) is 0 Å². The highest BCUT2D eigenvalue weighted by molar-refractivity contribution is 6.40. The summed E-state index contributed by atoms with van der Waals surface area (Å²) in [6.45, 7) is 3.72. The molecule has 0 saturated carbocycles. The zero-order chi connectivity index (χ0) is 13.0. The number of rotatable bonds is 5. The van der Waals surface area contributed by atoms with Gasteiger partial charge in [0.2, 0.25) is 0 Å². The molecule has 0 radical (unpaired) electrons. The van der Waals surface area contributed by atoms with Crippen LogP contribution in [0.2, 0.25) is 10.0 Å². The predicted octanol–water partition coefficient (Wildman–Crippen LogP) is 4.18. The van der Waals surface area contributed by atoms with Crippen LogP contribution in [0.25, 0.3) is 0 Å². The summed E-state index contributed by atoms with van der Waals surface area (Å²) in [5.74, 6) is -0.500. The molecule has 0 amide bonds. The molecule has 0 heterocycles. The third kappa shape index (κ3) is 3.55. The summed E-state index contributed by atoms with van der Waals surface area (Å²) in [6.07, 6.45) is 0.584. The van der Waals surface area contributed by atoms with Gasteiger partial charge in [0.05, 0.1) is 22.0 Å².